The molecule has 1 heterocycles. The van der Waals surface area contributed by atoms with E-state index in [4.69, 9.17) is 5.84 Å². The van der Waals surface area contributed by atoms with E-state index < -0.39 is 0 Å². The summed E-state index contributed by atoms with van der Waals surface area (Å²) in [5.74, 6) is 6.60. The SMILES string of the molecule is Cc1nn(C)c(C)c1C(CC1CCCCC1)NN. The van der Waals surface area contributed by atoms with Gasteiger partial charge in [-0.2, -0.15) is 5.10 Å². The Bertz CT molecular complexity index is 391. The Hall–Kier alpha value is -0.870. The molecule has 3 N–H and O–H groups in total. The molecule has 1 atom stereocenters. The Morgan fingerprint density at radius 1 is 1.33 bits per heavy atom. The molecule has 1 aromatic rings. The normalized spacial score (nSPS) is 19.1. The minimum absolute atomic E-state index is 0.252. The van der Waals surface area contributed by atoms with Crippen LogP contribution in [0, 0.1) is 19.8 Å². The van der Waals surface area contributed by atoms with Gasteiger partial charge in [-0.3, -0.25) is 16.0 Å². The highest BCUT2D eigenvalue weighted by atomic mass is 15.3. The van der Waals surface area contributed by atoms with E-state index in [1.807, 2.05) is 11.7 Å². The third kappa shape index (κ3) is 2.75. The van der Waals surface area contributed by atoms with Crippen molar-refractivity contribution in [2.45, 2.75) is 58.4 Å². The molecule has 4 heteroatoms. The van der Waals surface area contributed by atoms with E-state index in [1.165, 1.54) is 43.4 Å². The van der Waals surface area contributed by atoms with Crippen molar-refractivity contribution in [1.29, 1.82) is 0 Å². The molecule has 0 spiro atoms. The van der Waals surface area contributed by atoms with Crippen LogP contribution in [0.4, 0.5) is 0 Å². The van der Waals surface area contributed by atoms with Gasteiger partial charge in [0.2, 0.25) is 0 Å². The summed E-state index contributed by atoms with van der Waals surface area (Å²) in [6, 6.07) is 0.252. The lowest BCUT2D eigenvalue weighted by Gasteiger charge is -2.26. The fraction of sp³-hybridized carbons (Fsp3) is 0.786. The first-order valence-corrected chi connectivity index (χ1v) is 7.09. The van der Waals surface area contributed by atoms with Crippen LogP contribution < -0.4 is 11.3 Å². The maximum Gasteiger partial charge on any atom is 0.0644 e. The quantitative estimate of drug-likeness (QED) is 0.637. The first kappa shape index (κ1) is 13.6. The average molecular weight is 250 g/mol. The van der Waals surface area contributed by atoms with Gasteiger partial charge in [0.1, 0.15) is 0 Å². The van der Waals surface area contributed by atoms with Gasteiger partial charge in [0, 0.05) is 24.3 Å². The van der Waals surface area contributed by atoms with E-state index in [-0.39, 0.29) is 6.04 Å². The van der Waals surface area contributed by atoms with Crippen LogP contribution in [0.5, 0.6) is 0 Å². The van der Waals surface area contributed by atoms with Gasteiger partial charge in [-0.1, -0.05) is 32.1 Å². The number of nitrogens with two attached hydrogens (primary N) is 1. The molecule has 18 heavy (non-hydrogen) atoms. The minimum Gasteiger partial charge on any atom is -0.272 e. The summed E-state index contributed by atoms with van der Waals surface area (Å²) in [7, 11) is 2.00. The molecule has 0 aromatic carbocycles. The van der Waals surface area contributed by atoms with Gasteiger partial charge in [0.15, 0.2) is 0 Å². The lowest BCUT2D eigenvalue weighted by molar-refractivity contribution is 0.300. The van der Waals surface area contributed by atoms with Gasteiger partial charge >= 0.3 is 0 Å². The van der Waals surface area contributed by atoms with Crippen LogP contribution in [0.2, 0.25) is 0 Å². The Kier molecular flexibility index (Phi) is 4.40. The van der Waals surface area contributed by atoms with Crippen molar-refractivity contribution in [2.75, 3.05) is 0 Å². The van der Waals surface area contributed by atoms with Crippen molar-refractivity contribution in [3.05, 3.63) is 17.0 Å². The van der Waals surface area contributed by atoms with Crippen molar-refractivity contribution < 1.29 is 0 Å². The van der Waals surface area contributed by atoms with Gasteiger partial charge < -0.3 is 0 Å². The standard InChI is InChI=1S/C14H26N4/c1-10-14(11(2)18(3)17-10)13(16-15)9-12-7-5-4-6-8-12/h12-13,16H,4-9,15H2,1-3H3. The predicted octanol–water partition coefficient (Wildman–Crippen LogP) is 2.51. The molecule has 0 bridgehead atoms. The van der Waals surface area contributed by atoms with Gasteiger partial charge in [-0.25, -0.2) is 0 Å². The summed E-state index contributed by atoms with van der Waals surface area (Å²) in [5.41, 5.74) is 6.64. The molecule has 4 nitrogen and oxygen atoms in total. The lowest BCUT2D eigenvalue weighted by atomic mass is 9.83. The molecular weight excluding hydrogens is 224 g/mol. The fourth-order valence-corrected chi connectivity index (χ4v) is 3.32. The number of hydrogen-bond acceptors (Lipinski definition) is 3. The molecule has 0 aliphatic heterocycles. The van der Waals surface area contributed by atoms with Crippen molar-refractivity contribution in [3.63, 3.8) is 0 Å². The van der Waals surface area contributed by atoms with Gasteiger partial charge in [-0.15, -0.1) is 0 Å². The zero-order chi connectivity index (χ0) is 13.1. The number of rotatable bonds is 4. The predicted molar refractivity (Wildman–Crippen MR) is 73.9 cm³/mol. The van der Waals surface area contributed by atoms with Crippen LogP contribution in [0.3, 0.4) is 0 Å². The van der Waals surface area contributed by atoms with E-state index >= 15 is 0 Å². The molecular formula is C14H26N4. The molecule has 1 saturated carbocycles. The Labute approximate surface area is 110 Å². The molecule has 1 aliphatic rings. The van der Waals surface area contributed by atoms with Crippen LogP contribution in [0.1, 0.15) is 61.5 Å². The maximum atomic E-state index is 5.78. The largest absolute Gasteiger partial charge is 0.272 e. The van der Waals surface area contributed by atoms with E-state index in [1.54, 1.807) is 0 Å². The Morgan fingerprint density at radius 2 is 2.00 bits per heavy atom. The molecule has 1 aliphatic carbocycles. The monoisotopic (exact) mass is 250 g/mol. The van der Waals surface area contributed by atoms with Gasteiger partial charge in [-0.05, 0) is 26.2 Å². The zero-order valence-electron chi connectivity index (χ0n) is 11.9. The zero-order valence-corrected chi connectivity index (χ0v) is 11.9. The Balaban J connectivity index is 2.12. The van der Waals surface area contributed by atoms with Crippen LogP contribution in [0.15, 0.2) is 0 Å². The topological polar surface area (TPSA) is 55.9 Å². The molecule has 1 unspecified atom stereocenters. The molecule has 0 radical (unpaired) electrons. The number of nitrogens with one attached hydrogen (secondary N) is 1. The summed E-state index contributed by atoms with van der Waals surface area (Å²) < 4.78 is 1.95. The summed E-state index contributed by atoms with van der Waals surface area (Å²) in [6.45, 7) is 4.20. The molecule has 0 saturated heterocycles. The molecule has 1 aromatic heterocycles. The third-order valence-corrected chi connectivity index (χ3v) is 4.41. The second kappa shape index (κ2) is 5.85. The van der Waals surface area contributed by atoms with Crippen molar-refractivity contribution in [3.8, 4) is 0 Å². The lowest BCUT2D eigenvalue weighted by Crippen LogP contribution is -2.31. The van der Waals surface area contributed by atoms with E-state index in [0.717, 1.165) is 18.0 Å². The fourth-order valence-electron chi connectivity index (χ4n) is 3.32. The summed E-state index contributed by atoms with van der Waals surface area (Å²) in [5, 5.41) is 4.49. The smallest absolute Gasteiger partial charge is 0.0644 e. The number of hydrazine groups is 1. The first-order valence-electron chi connectivity index (χ1n) is 7.09. The number of aryl methyl sites for hydroxylation is 2. The maximum absolute atomic E-state index is 5.78. The van der Waals surface area contributed by atoms with Crippen molar-refractivity contribution in [2.24, 2.45) is 18.8 Å². The highest BCUT2D eigenvalue weighted by Gasteiger charge is 2.23. The van der Waals surface area contributed by atoms with E-state index in [2.05, 4.69) is 24.4 Å². The van der Waals surface area contributed by atoms with E-state index in [0.29, 0.717) is 0 Å². The molecule has 0 amide bonds. The summed E-state index contributed by atoms with van der Waals surface area (Å²) in [6.07, 6.45) is 8.03. The minimum atomic E-state index is 0.252. The number of aromatic nitrogens is 2. The third-order valence-electron chi connectivity index (χ3n) is 4.41. The molecule has 2 rings (SSSR count). The number of hydrogen-bond donors (Lipinski definition) is 2. The highest BCUT2D eigenvalue weighted by Crippen LogP contribution is 2.33. The second-order valence-electron chi connectivity index (χ2n) is 5.67. The number of nitrogens with zero attached hydrogens (tertiary/aromatic N) is 2. The molecule has 102 valence electrons. The Morgan fingerprint density at radius 3 is 2.50 bits per heavy atom. The van der Waals surface area contributed by atoms with Gasteiger partial charge in [0.05, 0.1) is 5.69 Å². The van der Waals surface area contributed by atoms with Crippen LogP contribution in [0.25, 0.3) is 0 Å². The summed E-state index contributed by atoms with van der Waals surface area (Å²) >= 11 is 0. The average Bonchev–Trinajstić information content (AvgIpc) is 2.62. The van der Waals surface area contributed by atoms with E-state index in [9.17, 15) is 0 Å². The van der Waals surface area contributed by atoms with Crippen molar-refractivity contribution in [1.82, 2.24) is 15.2 Å². The summed E-state index contributed by atoms with van der Waals surface area (Å²) in [4.78, 5) is 0. The van der Waals surface area contributed by atoms with Crippen molar-refractivity contribution >= 4 is 0 Å². The van der Waals surface area contributed by atoms with Crippen LogP contribution >= 0.6 is 0 Å². The highest BCUT2D eigenvalue weighted by molar-refractivity contribution is 5.28. The van der Waals surface area contributed by atoms with Gasteiger partial charge in [0.25, 0.3) is 0 Å². The molecule has 1 fully saturated rings. The van der Waals surface area contributed by atoms with Crippen LogP contribution in [-0.2, 0) is 7.05 Å². The second-order valence-corrected chi connectivity index (χ2v) is 5.67. The van der Waals surface area contributed by atoms with Crippen LogP contribution in [-0.4, -0.2) is 9.78 Å². The first-order chi connectivity index (χ1) is 8.63.